The van der Waals surface area contributed by atoms with Crippen molar-refractivity contribution in [1.82, 2.24) is 0 Å². The van der Waals surface area contributed by atoms with E-state index in [1.54, 1.807) is 30.3 Å². The molecule has 0 N–H and O–H groups in total. The van der Waals surface area contributed by atoms with Gasteiger partial charge < -0.3 is 14.2 Å². The largest absolute Gasteiger partial charge is 0.490 e. The number of fused-ring (bicyclic) bond motifs is 1. The van der Waals surface area contributed by atoms with E-state index in [-0.39, 0.29) is 12.4 Å². The van der Waals surface area contributed by atoms with Crippen LogP contribution in [-0.2, 0) is 9.53 Å². The molecular formula is C18H15ClO5S. The number of Topliss-reactive ketones (excluding diaryl/α,β-unsaturated/α-hetero) is 1. The van der Waals surface area contributed by atoms with Crippen LogP contribution in [0.15, 0.2) is 36.4 Å². The minimum atomic E-state index is -0.594. The van der Waals surface area contributed by atoms with Crippen LogP contribution in [0, 0.1) is 0 Å². The molecule has 0 saturated carbocycles. The van der Waals surface area contributed by atoms with Gasteiger partial charge in [-0.2, -0.15) is 0 Å². The Bertz CT molecular complexity index is 812. The van der Waals surface area contributed by atoms with Gasteiger partial charge in [-0.15, -0.1) is 11.3 Å². The predicted octanol–water partition coefficient (Wildman–Crippen LogP) is 4.00. The number of ether oxygens (including phenoxy) is 3. The first-order chi connectivity index (χ1) is 12.1. The number of carbonyl (C=O) groups is 2. The second-order valence-electron chi connectivity index (χ2n) is 5.22. The fourth-order valence-corrected chi connectivity index (χ4v) is 3.14. The van der Waals surface area contributed by atoms with Gasteiger partial charge in [-0.05, 0) is 35.9 Å². The van der Waals surface area contributed by atoms with Crippen molar-refractivity contribution in [3.05, 3.63) is 51.2 Å². The van der Waals surface area contributed by atoms with Gasteiger partial charge in [0.2, 0.25) is 5.78 Å². The molecule has 25 heavy (non-hydrogen) atoms. The van der Waals surface area contributed by atoms with E-state index >= 15 is 0 Å². The predicted molar refractivity (Wildman–Crippen MR) is 95.7 cm³/mol. The first kappa shape index (κ1) is 17.5. The molecule has 5 nitrogen and oxygen atoms in total. The fourth-order valence-electron chi connectivity index (χ4n) is 2.17. The quantitative estimate of drug-likeness (QED) is 0.447. The van der Waals surface area contributed by atoms with E-state index in [2.05, 4.69) is 0 Å². The first-order valence-electron chi connectivity index (χ1n) is 7.65. The van der Waals surface area contributed by atoms with E-state index in [4.69, 9.17) is 25.8 Å². The van der Waals surface area contributed by atoms with Crippen molar-refractivity contribution in [1.29, 1.82) is 0 Å². The number of hydrogen-bond acceptors (Lipinski definition) is 6. The molecule has 3 rings (SSSR count). The topological polar surface area (TPSA) is 61.8 Å². The minimum Gasteiger partial charge on any atom is -0.490 e. The molecule has 0 unspecified atom stereocenters. The SMILES string of the molecule is O=C(/C=C/c1ccc2c(c1)OCCCO2)OCC(=O)c1ccc(Cl)s1. The van der Waals surface area contributed by atoms with Gasteiger partial charge in [0.25, 0.3) is 0 Å². The maximum atomic E-state index is 11.8. The Balaban J connectivity index is 1.55. The third-order valence-electron chi connectivity index (χ3n) is 3.38. The molecule has 1 aliphatic heterocycles. The highest BCUT2D eigenvalue weighted by atomic mass is 35.5. The molecule has 0 fully saturated rings. The van der Waals surface area contributed by atoms with Crippen LogP contribution in [0.1, 0.15) is 21.7 Å². The van der Waals surface area contributed by atoms with Crippen molar-refractivity contribution >= 4 is 40.8 Å². The van der Waals surface area contributed by atoms with Crippen molar-refractivity contribution in [3.8, 4) is 11.5 Å². The molecule has 0 bridgehead atoms. The molecule has 0 spiro atoms. The average molecular weight is 379 g/mol. The van der Waals surface area contributed by atoms with Gasteiger partial charge in [0, 0.05) is 12.5 Å². The van der Waals surface area contributed by atoms with Crippen LogP contribution in [-0.4, -0.2) is 31.6 Å². The molecule has 7 heteroatoms. The van der Waals surface area contributed by atoms with E-state index in [1.807, 2.05) is 6.07 Å². The third-order valence-corrected chi connectivity index (χ3v) is 4.65. The summed E-state index contributed by atoms with van der Waals surface area (Å²) < 4.78 is 16.6. The lowest BCUT2D eigenvalue weighted by atomic mass is 10.2. The molecule has 130 valence electrons. The summed E-state index contributed by atoms with van der Waals surface area (Å²) in [6.45, 7) is 0.899. The Labute approximate surface area is 153 Å². The zero-order chi connectivity index (χ0) is 17.6. The van der Waals surface area contributed by atoms with Gasteiger partial charge in [0.05, 0.1) is 22.4 Å². The Morgan fingerprint density at radius 1 is 1.16 bits per heavy atom. The van der Waals surface area contributed by atoms with Gasteiger partial charge in [-0.3, -0.25) is 4.79 Å². The first-order valence-corrected chi connectivity index (χ1v) is 8.84. The van der Waals surface area contributed by atoms with Gasteiger partial charge >= 0.3 is 5.97 Å². The fraction of sp³-hybridized carbons (Fsp3) is 0.222. The second kappa shape index (κ2) is 8.18. The summed E-state index contributed by atoms with van der Waals surface area (Å²) in [6.07, 6.45) is 3.70. The molecule has 0 saturated heterocycles. The number of rotatable bonds is 5. The van der Waals surface area contributed by atoms with Crippen LogP contribution in [0.3, 0.4) is 0 Å². The minimum absolute atomic E-state index is 0.283. The highest BCUT2D eigenvalue weighted by Crippen LogP contribution is 2.30. The van der Waals surface area contributed by atoms with Crippen LogP contribution in [0.5, 0.6) is 11.5 Å². The molecule has 0 atom stereocenters. The van der Waals surface area contributed by atoms with Crippen LogP contribution >= 0.6 is 22.9 Å². The Kier molecular flexibility index (Phi) is 5.73. The summed E-state index contributed by atoms with van der Waals surface area (Å²) in [5, 5.41) is 0. The third kappa shape index (κ3) is 4.84. The number of carbonyl (C=O) groups excluding carboxylic acids is 2. The Morgan fingerprint density at radius 3 is 2.72 bits per heavy atom. The van der Waals surface area contributed by atoms with Crippen molar-refractivity contribution in [2.45, 2.75) is 6.42 Å². The van der Waals surface area contributed by atoms with Crippen molar-refractivity contribution < 1.29 is 23.8 Å². The van der Waals surface area contributed by atoms with E-state index in [0.717, 1.165) is 23.3 Å². The van der Waals surface area contributed by atoms with E-state index < -0.39 is 5.97 Å². The van der Waals surface area contributed by atoms with Crippen LogP contribution in [0.4, 0.5) is 0 Å². The number of hydrogen-bond donors (Lipinski definition) is 0. The maximum absolute atomic E-state index is 11.8. The van der Waals surface area contributed by atoms with Gasteiger partial charge in [-0.25, -0.2) is 4.79 Å². The smallest absolute Gasteiger partial charge is 0.331 e. The van der Waals surface area contributed by atoms with Crippen molar-refractivity contribution in [2.24, 2.45) is 0 Å². The standard InChI is InChI=1S/C18H15ClO5S/c19-17-6-5-16(25-17)13(20)11-24-18(21)7-3-12-2-4-14-15(10-12)23-9-1-8-22-14/h2-7,10H,1,8-9,11H2/b7-3+. The van der Waals surface area contributed by atoms with Crippen molar-refractivity contribution in [2.75, 3.05) is 19.8 Å². The van der Waals surface area contributed by atoms with Crippen LogP contribution in [0.25, 0.3) is 6.08 Å². The molecule has 0 aliphatic carbocycles. The molecule has 1 aromatic carbocycles. The number of thiophene rings is 1. The van der Waals surface area contributed by atoms with E-state index in [1.165, 1.54) is 6.08 Å². The summed E-state index contributed by atoms with van der Waals surface area (Å²) in [5.74, 6) is 0.465. The molecule has 0 amide bonds. The lowest BCUT2D eigenvalue weighted by molar-refractivity contribution is -0.136. The molecule has 1 aromatic heterocycles. The highest BCUT2D eigenvalue weighted by Gasteiger charge is 2.12. The highest BCUT2D eigenvalue weighted by molar-refractivity contribution is 7.18. The zero-order valence-electron chi connectivity index (χ0n) is 13.2. The van der Waals surface area contributed by atoms with E-state index in [0.29, 0.717) is 33.9 Å². The molecule has 2 heterocycles. The van der Waals surface area contributed by atoms with Gasteiger partial charge in [-0.1, -0.05) is 17.7 Å². The van der Waals surface area contributed by atoms with Crippen LogP contribution in [0.2, 0.25) is 4.34 Å². The summed E-state index contributed by atoms with van der Waals surface area (Å²) in [7, 11) is 0. The van der Waals surface area contributed by atoms with Gasteiger partial charge in [0.1, 0.15) is 0 Å². The van der Waals surface area contributed by atoms with E-state index in [9.17, 15) is 9.59 Å². The number of esters is 1. The lowest BCUT2D eigenvalue weighted by Crippen LogP contribution is -2.11. The summed E-state index contributed by atoms with van der Waals surface area (Å²) in [6, 6.07) is 8.65. The number of benzene rings is 1. The van der Waals surface area contributed by atoms with Crippen molar-refractivity contribution in [3.63, 3.8) is 0 Å². The Hall–Kier alpha value is -2.31. The Morgan fingerprint density at radius 2 is 1.96 bits per heavy atom. The molecular weight excluding hydrogens is 364 g/mol. The number of ketones is 1. The normalized spacial score (nSPS) is 13.5. The molecule has 1 aliphatic rings. The summed E-state index contributed by atoms with van der Waals surface area (Å²) >= 11 is 6.93. The average Bonchev–Trinajstić information content (AvgIpc) is 2.91. The molecule has 0 radical (unpaired) electrons. The summed E-state index contributed by atoms with van der Waals surface area (Å²) in [5.41, 5.74) is 0.776. The number of halogens is 1. The molecule has 2 aromatic rings. The second-order valence-corrected chi connectivity index (χ2v) is 6.94. The zero-order valence-corrected chi connectivity index (χ0v) is 14.8. The van der Waals surface area contributed by atoms with Gasteiger partial charge in [0.15, 0.2) is 18.1 Å². The monoisotopic (exact) mass is 378 g/mol. The lowest BCUT2D eigenvalue weighted by Gasteiger charge is -2.07. The summed E-state index contributed by atoms with van der Waals surface area (Å²) in [4.78, 5) is 24.1. The maximum Gasteiger partial charge on any atom is 0.331 e. The van der Waals surface area contributed by atoms with Crippen LogP contribution < -0.4 is 9.47 Å².